The van der Waals surface area contributed by atoms with Gasteiger partial charge >= 0.3 is 0 Å². The molecule has 2 nitrogen and oxygen atoms in total. The van der Waals surface area contributed by atoms with Crippen molar-refractivity contribution in [3.05, 3.63) is 29.6 Å². The van der Waals surface area contributed by atoms with E-state index in [-0.39, 0.29) is 5.82 Å². The quantitative estimate of drug-likeness (QED) is 0.803. The van der Waals surface area contributed by atoms with Gasteiger partial charge in [0.2, 0.25) is 0 Å². The lowest BCUT2D eigenvalue weighted by Gasteiger charge is -2.09. The minimum absolute atomic E-state index is 0.267. The summed E-state index contributed by atoms with van der Waals surface area (Å²) in [5.41, 5.74) is 6.07. The molecule has 0 radical (unpaired) electrons. The molecule has 2 N–H and O–H groups in total. The summed E-state index contributed by atoms with van der Waals surface area (Å²) in [5.74, 6) is 0.422. The lowest BCUT2D eigenvalue weighted by molar-refractivity contribution is 0.402. The molecular formula is C11H14FNOS. The first-order chi connectivity index (χ1) is 7.22. The van der Waals surface area contributed by atoms with E-state index < -0.39 is 0 Å². The molecule has 1 aromatic carbocycles. The largest absolute Gasteiger partial charge is 0.495 e. The van der Waals surface area contributed by atoms with Crippen LogP contribution in [0.4, 0.5) is 4.39 Å². The molecule has 0 fully saturated rings. The first-order valence-corrected chi connectivity index (χ1v) is 5.73. The van der Waals surface area contributed by atoms with Crippen molar-refractivity contribution in [2.24, 2.45) is 5.73 Å². The standard InChI is InChI=1S/C11H14FNOS/c1-14-11-8(4-3-5-13)6-9(12)7-10(11)15-2/h3-4,6-7H,5,13H2,1-2H3/b4-3+. The molecule has 0 aromatic heterocycles. The van der Waals surface area contributed by atoms with Crippen molar-refractivity contribution in [3.8, 4) is 5.75 Å². The van der Waals surface area contributed by atoms with Gasteiger partial charge < -0.3 is 10.5 Å². The van der Waals surface area contributed by atoms with Gasteiger partial charge in [-0.2, -0.15) is 0 Å². The maximum absolute atomic E-state index is 13.2. The Morgan fingerprint density at radius 1 is 1.53 bits per heavy atom. The molecule has 82 valence electrons. The van der Waals surface area contributed by atoms with Crippen LogP contribution in [0, 0.1) is 5.82 Å². The summed E-state index contributed by atoms with van der Waals surface area (Å²) >= 11 is 1.45. The van der Waals surface area contributed by atoms with E-state index in [0.717, 1.165) is 4.90 Å². The monoisotopic (exact) mass is 227 g/mol. The second-order valence-corrected chi connectivity index (χ2v) is 3.72. The van der Waals surface area contributed by atoms with E-state index >= 15 is 0 Å². The predicted octanol–water partition coefficient (Wildman–Crippen LogP) is 2.53. The summed E-state index contributed by atoms with van der Waals surface area (Å²) in [4.78, 5) is 0.786. The molecule has 0 aliphatic rings. The molecule has 0 spiro atoms. The Morgan fingerprint density at radius 3 is 2.80 bits per heavy atom. The van der Waals surface area contributed by atoms with Crippen LogP contribution < -0.4 is 10.5 Å². The maximum Gasteiger partial charge on any atom is 0.139 e. The number of hydrogen-bond donors (Lipinski definition) is 1. The van der Waals surface area contributed by atoms with Gasteiger partial charge in [0.05, 0.1) is 12.0 Å². The third-order valence-electron chi connectivity index (χ3n) is 1.91. The van der Waals surface area contributed by atoms with Gasteiger partial charge in [0, 0.05) is 12.1 Å². The van der Waals surface area contributed by atoms with Crippen LogP contribution in [0.1, 0.15) is 5.56 Å². The molecule has 0 amide bonds. The Morgan fingerprint density at radius 2 is 2.27 bits per heavy atom. The fourth-order valence-electron chi connectivity index (χ4n) is 1.28. The zero-order valence-electron chi connectivity index (χ0n) is 8.79. The highest BCUT2D eigenvalue weighted by atomic mass is 32.2. The number of nitrogens with two attached hydrogens (primary N) is 1. The molecule has 1 aromatic rings. The molecule has 0 heterocycles. The molecule has 0 unspecified atom stereocenters. The molecule has 0 bridgehead atoms. The molecule has 0 saturated heterocycles. The van der Waals surface area contributed by atoms with Crippen LogP contribution in [0.25, 0.3) is 6.08 Å². The fourth-order valence-corrected chi connectivity index (χ4v) is 1.89. The van der Waals surface area contributed by atoms with Gasteiger partial charge in [-0.15, -0.1) is 11.8 Å². The van der Waals surface area contributed by atoms with Crippen molar-refractivity contribution in [3.63, 3.8) is 0 Å². The minimum atomic E-state index is -0.267. The Hall–Kier alpha value is -1.00. The van der Waals surface area contributed by atoms with E-state index in [0.29, 0.717) is 17.9 Å². The molecule has 15 heavy (non-hydrogen) atoms. The normalized spacial score (nSPS) is 10.9. The van der Waals surface area contributed by atoms with Gasteiger partial charge in [-0.25, -0.2) is 4.39 Å². The lowest BCUT2D eigenvalue weighted by atomic mass is 10.2. The second kappa shape index (κ2) is 5.78. The number of methoxy groups -OCH3 is 1. The first kappa shape index (κ1) is 12.1. The van der Waals surface area contributed by atoms with Crippen molar-refractivity contribution in [2.45, 2.75) is 4.90 Å². The molecule has 0 aliphatic heterocycles. The molecule has 0 saturated carbocycles. The first-order valence-electron chi connectivity index (χ1n) is 4.51. The Kier molecular flexibility index (Phi) is 4.65. The van der Waals surface area contributed by atoms with Crippen LogP contribution in [0.5, 0.6) is 5.75 Å². The summed E-state index contributed by atoms with van der Waals surface area (Å²) in [6.07, 6.45) is 5.41. The SMILES string of the molecule is COc1c(/C=C/CN)cc(F)cc1SC. The van der Waals surface area contributed by atoms with Crippen LogP contribution in [-0.2, 0) is 0 Å². The van der Waals surface area contributed by atoms with Gasteiger partial charge in [-0.1, -0.05) is 12.2 Å². The Bertz CT molecular complexity index is 366. The molecule has 0 atom stereocenters. The number of rotatable bonds is 4. The zero-order valence-corrected chi connectivity index (χ0v) is 9.60. The smallest absolute Gasteiger partial charge is 0.139 e. The van der Waals surface area contributed by atoms with Crippen molar-refractivity contribution in [1.82, 2.24) is 0 Å². The van der Waals surface area contributed by atoms with E-state index in [1.165, 1.54) is 23.9 Å². The van der Waals surface area contributed by atoms with Crippen LogP contribution >= 0.6 is 11.8 Å². The second-order valence-electron chi connectivity index (χ2n) is 2.87. The van der Waals surface area contributed by atoms with Crippen molar-refractivity contribution < 1.29 is 9.13 Å². The van der Waals surface area contributed by atoms with Gasteiger partial charge in [-0.05, 0) is 18.4 Å². The molecule has 1 rings (SSSR count). The van der Waals surface area contributed by atoms with Gasteiger partial charge in [-0.3, -0.25) is 0 Å². The van der Waals surface area contributed by atoms with Crippen LogP contribution in [0.15, 0.2) is 23.1 Å². The molecule has 0 aliphatic carbocycles. The average molecular weight is 227 g/mol. The van der Waals surface area contributed by atoms with E-state index in [9.17, 15) is 4.39 Å². The van der Waals surface area contributed by atoms with Gasteiger partial charge in [0.25, 0.3) is 0 Å². The average Bonchev–Trinajstić information content (AvgIpc) is 2.25. The third-order valence-corrected chi connectivity index (χ3v) is 2.65. The summed E-state index contributed by atoms with van der Waals surface area (Å²) in [6, 6.07) is 2.90. The predicted molar refractivity (Wildman–Crippen MR) is 62.8 cm³/mol. The summed E-state index contributed by atoms with van der Waals surface area (Å²) < 4.78 is 18.5. The Labute approximate surface area is 93.3 Å². The maximum atomic E-state index is 13.2. The highest BCUT2D eigenvalue weighted by Gasteiger charge is 2.08. The topological polar surface area (TPSA) is 35.2 Å². The summed E-state index contributed by atoms with van der Waals surface area (Å²) in [6.45, 7) is 0.425. The summed E-state index contributed by atoms with van der Waals surface area (Å²) in [7, 11) is 1.58. The highest BCUT2D eigenvalue weighted by molar-refractivity contribution is 7.98. The van der Waals surface area contributed by atoms with Crippen LogP contribution in [0.2, 0.25) is 0 Å². The van der Waals surface area contributed by atoms with Crippen molar-refractivity contribution in [1.29, 1.82) is 0 Å². The van der Waals surface area contributed by atoms with Gasteiger partial charge in [0.15, 0.2) is 0 Å². The van der Waals surface area contributed by atoms with E-state index in [2.05, 4.69) is 0 Å². The molecule has 4 heteroatoms. The van der Waals surface area contributed by atoms with Gasteiger partial charge in [0.1, 0.15) is 11.6 Å². The van der Waals surface area contributed by atoms with Crippen LogP contribution in [0.3, 0.4) is 0 Å². The number of hydrogen-bond acceptors (Lipinski definition) is 3. The van der Waals surface area contributed by atoms with Crippen molar-refractivity contribution in [2.75, 3.05) is 19.9 Å². The third kappa shape index (κ3) is 2.97. The van der Waals surface area contributed by atoms with Crippen molar-refractivity contribution >= 4 is 17.8 Å². The number of ether oxygens (including phenoxy) is 1. The number of benzene rings is 1. The summed E-state index contributed by atoms with van der Waals surface area (Å²) in [5, 5.41) is 0. The van der Waals surface area contributed by atoms with Crippen LogP contribution in [-0.4, -0.2) is 19.9 Å². The number of halogens is 1. The minimum Gasteiger partial charge on any atom is -0.495 e. The van der Waals surface area contributed by atoms with E-state index in [1.54, 1.807) is 19.3 Å². The fraction of sp³-hybridized carbons (Fsp3) is 0.273. The highest BCUT2D eigenvalue weighted by Crippen LogP contribution is 2.32. The zero-order chi connectivity index (χ0) is 11.3. The van der Waals surface area contributed by atoms with E-state index in [4.69, 9.17) is 10.5 Å². The van der Waals surface area contributed by atoms with E-state index in [1.807, 2.05) is 6.26 Å². The number of thioether (sulfide) groups is 1. The Balaban J connectivity index is 3.22. The lowest BCUT2D eigenvalue weighted by Crippen LogP contribution is -1.94. The molecular weight excluding hydrogens is 213 g/mol.